The second-order valence-electron chi connectivity index (χ2n) is 9.75. The molecular weight excluding hydrogens is 498 g/mol. The summed E-state index contributed by atoms with van der Waals surface area (Å²) >= 11 is 6.13. The van der Waals surface area contributed by atoms with Gasteiger partial charge in [0.2, 0.25) is 21.8 Å². The van der Waals surface area contributed by atoms with Gasteiger partial charge in [-0.3, -0.25) is 13.9 Å². The third-order valence-corrected chi connectivity index (χ3v) is 7.17. The number of aryl methyl sites for hydroxylation is 2. The van der Waals surface area contributed by atoms with Crippen LogP contribution in [0.2, 0.25) is 5.02 Å². The lowest BCUT2D eigenvalue weighted by Crippen LogP contribution is -2.48. The van der Waals surface area contributed by atoms with Crippen LogP contribution in [0, 0.1) is 19.8 Å². The standard InChI is InChI=1S/C27H38ClN3O4S/c1-19(2)17-29-27(33)22(5)30(18-23-9-7-10-24(28)16-23)26(32)11-8-12-31(36(6,34)35)25-14-20(3)13-21(4)15-25/h7,9-10,13-16,19,22H,8,11-12,17-18H2,1-6H3,(H,29,33)/t22-/m1/s1. The predicted molar refractivity (Wildman–Crippen MR) is 147 cm³/mol. The summed E-state index contributed by atoms with van der Waals surface area (Å²) in [5, 5.41) is 3.44. The third kappa shape index (κ3) is 9.13. The molecule has 2 aromatic carbocycles. The van der Waals surface area contributed by atoms with Crippen LogP contribution in [-0.2, 0) is 26.2 Å². The van der Waals surface area contributed by atoms with Crippen molar-refractivity contribution in [2.45, 2.75) is 60.0 Å². The minimum atomic E-state index is -3.54. The monoisotopic (exact) mass is 535 g/mol. The minimum Gasteiger partial charge on any atom is -0.354 e. The molecule has 0 aliphatic rings. The first-order valence-corrected chi connectivity index (χ1v) is 14.4. The van der Waals surface area contributed by atoms with E-state index in [2.05, 4.69) is 5.32 Å². The summed E-state index contributed by atoms with van der Waals surface area (Å²) in [5.74, 6) is -0.173. The number of amides is 2. The molecule has 0 radical (unpaired) electrons. The van der Waals surface area contributed by atoms with Crippen LogP contribution >= 0.6 is 11.6 Å². The van der Waals surface area contributed by atoms with E-state index < -0.39 is 16.1 Å². The maximum absolute atomic E-state index is 13.3. The minimum absolute atomic E-state index is 0.0964. The summed E-state index contributed by atoms with van der Waals surface area (Å²) in [6, 6.07) is 12.1. The van der Waals surface area contributed by atoms with Crippen LogP contribution in [0.5, 0.6) is 0 Å². The van der Waals surface area contributed by atoms with Gasteiger partial charge in [-0.05, 0) is 74.1 Å². The highest BCUT2D eigenvalue weighted by atomic mass is 35.5. The highest BCUT2D eigenvalue weighted by molar-refractivity contribution is 7.92. The summed E-state index contributed by atoms with van der Waals surface area (Å²) in [4.78, 5) is 27.7. The van der Waals surface area contributed by atoms with E-state index in [1.807, 2.05) is 52.0 Å². The number of nitrogens with one attached hydrogen (secondary N) is 1. The van der Waals surface area contributed by atoms with Crippen molar-refractivity contribution in [2.24, 2.45) is 5.92 Å². The number of carbonyl (C=O) groups excluding carboxylic acids is 2. The van der Waals surface area contributed by atoms with Crippen LogP contribution in [0.4, 0.5) is 5.69 Å². The van der Waals surface area contributed by atoms with Gasteiger partial charge < -0.3 is 10.2 Å². The Morgan fingerprint density at radius 2 is 1.67 bits per heavy atom. The van der Waals surface area contributed by atoms with Gasteiger partial charge in [0, 0.05) is 31.1 Å². The van der Waals surface area contributed by atoms with Crippen molar-refractivity contribution in [1.29, 1.82) is 0 Å². The highest BCUT2D eigenvalue weighted by Crippen LogP contribution is 2.22. The molecule has 198 valence electrons. The van der Waals surface area contributed by atoms with Gasteiger partial charge in [-0.2, -0.15) is 0 Å². The Bertz CT molecular complexity index is 1150. The summed E-state index contributed by atoms with van der Waals surface area (Å²) in [5.41, 5.74) is 3.32. The van der Waals surface area contributed by atoms with Crippen molar-refractivity contribution in [3.8, 4) is 0 Å². The largest absolute Gasteiger partial charge is 0.354 e. The number of halogens is 1. The molecule has 0 spiro atoms. The molecule has 0 bridgehead atoms. The number of sulfonamides is 1. The van der Waals surface area contributed by atoms with Crippen LogP contribution in [0.1, 0.15) is 50.3 Å². The van der Waals surface area contributed by atoms with Gasteiger partial charge >= 0.3 is 0 Å². The lowest BCUT2D eigenvalue weighted by Gasteiger charge is -2.30. The third-order valence-electron chi connectivity index (χ3n) is 5.74. The van der Waals surface area contributed by atoms with Crippen molar-refractivity contribution in [3.63, 3.8) is 0 Å². The normalized spacial score (nSPS) is 12.3. The second kappa shape index (κ2) is 13.1. The molecule has 0 aliphatic heterocycles. The molecule has 0 fully saturated rings. The van der Waals surface area contributed by atoms with E-state index in [0.717, 1.165) is 16.7 Å². The first kappa shape index (κ1) is 29.6. The van der Waals surface area contributed by atoms with E-state index in [-0.39, 0.29) is 37.2 Å². The molecule has 7 nitrogen and oxygen atoms in total. The van der Waals surface area contributed by atoms with Gasteiger partial charge in [0.1, 0.15) is 6.04 Å². The van der Waals surface area contributed by atoms with Gasteiger partial charge in [-0.1, -0.05) is 43.6 Å². The van der Waals surface area contributed by atoms with Crippen molar-refractivity contribution < 1.29 is 18.0 Å². The average Bonchev–Trinajstić information content (AvgIpc) is 2.76. The first-order valence-electron chi connectivity index (χ1n) is 12.2. The molecule has 2 aromatic rings. The van der Waals surface area contributed by atoms with Crippen LogP contribution in [0.25, 0.3) is 0 Å². The molecule has 0 saturated carbocycles. The maximum atomic E-state index is 13.3. The first-order chi connectivity index (χ1) is 16.8. The number of carbonyl (C=O) groups is 2. The number of rotatable bonds is 12. The van der Waals surface area contributed by atoms with Crippen LogP contribution in [0.15, 0.2) is 42.5 Å². The number of hydrogen-bond donors (Lipinski definition) is 1. The summed E-state index contributed by atoms with van der Waals surface area (Å²) < 4.78 is 26.4. The Labute approximate surface area is 220 Å². The number of hydrogen-bond acceptors (Lipinski definition) is 4. The van der Waals surface area contributed by atoms with E-state index in [9.17, 15) is 18.0 Å². The molecule has 9 heteroatoms. The zero-order valence-electron chi connectivity index (χ0n) is 22.0. The Balaban J connectivity index is 2.18. The molecule has 0 aliphatic carbocycles. The molecular formula is C27H38ClN3O4S. The molecule has 0 heterocycles. The predicted octanol–water partition coefficient (Wildman–Crippen LogP) is 4.69. The van der Waals surface area contributed by atoms with E-state index >= 15 is 0 Å². The lowest BCUT2D eigenvalue weighted by molar-refractivity contribution is -0.140. The second-order valence-corrected chi connectivity index (χ2v) is 12.1. The molecule has 1 atom stereocenters. The molecule has 2 rings (SSSR count). The number of nitrogens with zero attached hydrogens (tertiary/aromatic N) is 2. The maximum Gasteiger partial charge on any atom is 0.242 e. The van der Waals surface area contributed by atoms with Gasteiger partial charge in [0.15, 0.2) is 0 Å². The molecule has 2 amide bonds. The smallest absolute Gasteiger partial charge is 0.242 e. The average molecular weight is 536 g/mol. The van der Waals surface area contributed by atoms with Gasteiger partial charge in [0.25, 0.3) is 0 Å². The fourth-order valence-corrected chi connectivity index (χ4v) is 5.13. The van der Waals surface area contributed by atoms with Gasteiger partial charge in [-0.15, -0.1) is 0 Å². The van der Waals surface area contributed by atoms with Crippen molar-refractivity contribution >= 4 is 39.1 Å². The van der Waals surface area contributed by atoms with Gasteiger partial charge in [0.05, 0.1) is 11.9 Å². The summed E-state index contributed by atoms with van der Waals surface area (Å²) in [6.07, 6.45) is 1.57. The Morgan fingerprint density at radius 1 is 1.03 bits per heavy atom. The zero-order valence-corrected chi connectivity index (χ0v) is 23.6. The van der Waals surface area contributed by atoms with E-state index in [4.69, 9.17) is 11.6 Å². The topological polar surface area (TPSA) is 86.8 Å². The zero-order chi connectivity index (χ0) is 27.0. The van der Waals surface area contributed by atoms with E-state index in [0.29, 0.717) is 23.7 Å². The number of benzene rings is 2. The molecule has 1 N–H and O–H groups in total. The fourth-order valence-electron chi connectivity index (χ4n) is 3.97. The van der Waals surface area contributed by atoms with Crippen molar-refractivity contribution in [1.82, 2.24) is 10.2 Å². The van der Waals surface area contributed by atoms with E-state index in [1.54, 1.807) is 25.1 Å². The summed E-state index contributed by atoms with van der Waals surface area (Å²) in [6.45, 7) is 10.4. The van der Waals surface area contributed by atoms with Crippen LogP contribution in [-0.4, -0.2) is 50.5 Å². The highest BCUT2D eigenvalue weighted by Gasteiger charge is 2.27. The lowest BCUT2D eigenvalue weighted by atomic mass is 10.1. The summed E-state index contributed by atoms with van der Waals surface area (Å²) in [7, 11) is -3.54. The van der Waals surface area contributed by atoms with Gasteiger partial charge in [-0.25, -0.2) is 8.42 Å². The Kier molecular flexibility index (Phi) is 10.8. The Hall–Kier alpha value is -2.58. The van der Waals surface area contributed by atoms with E-state index in [1.165, 1.54) is 15.5 Å². The van der Waals surface area contributed by atoms with Crippen molar-refractivity contribution in [2.75, 3.05) is 23.7 Å². The quantitative estimate of drug-likeness (QED) is 0.427. The van der Waals surface area contributed by atoms with Crippen LogP contribution in [0.3, 0.4) is 0 Å². The Morgan fingerprint density at radius 3 is 2.22 bits per heavy atom. The molecule has 0 unspecified atom stereocenters. The molecule has 0 saturated heterocycles. The molecule has 36 heavy (non-hydrogen) atoms. The molecule has 0 aromatic heterocycles. The fraction of sp³-hybridized carbons (Fsp3) is 0.481. The van der Waals surface area contributed by atoms with Crippen molar-refractivity contribution in [3.05, 3.63) is 64.2 Å². The van der Waals surface area contributed by atoms with Crippen LogP contribution < -0.4 is 9.62 Å². The number of anilines is 1. The SMILES string of the molecule is Cc1cc(C)cc(N(CCCC(=O)N(Cc2cccc(Cl)c2)[C@H](C)C(=O)NCC(C)C)S(C)(=O)=O)c1.